The zero-order valence-electron chi connectivity index (χ0n) is 13.2. The van der Waals surface area contributed by atoms with Gasteiger partial charge in [0.25, 0.3) is 0 Å². The third kappa shape index (κ3) is 3.65. The highest BCUT2D eigenvalue weighted by molar-refractivity contribution is 5.82. The molecule has 21 heavy (non-hydrogen) atoms. The van der Waals surface area contributed by atoms with E-state index in [1.807, 2.05) is 0 Å². The monoisotopic (exact) mass is 281 g/mol. The van der Waals surface area contributed by atoms with Crippen molar-refractivity contribution in [3.8, 4) is 0 Å². The molecule has 0 bridgehead atoms. The molecule has 0 N–H and O–H groups in total. The maximum Gasteiger partial charge on any atom is 0.0136 e. The van der Waals surface area contributed by atoms with Gasteiger partial charge in [-0.2, -0.15) is 0 Å². The molecule has 2 aromatic carbocycles. The maximum absolute atomic E-state index is 2.74. The molecule has 112 valence electrons. The minimum absolute atomic E-state index is 0.733. The molecule has 3 rings (SSSR count). The number of benzene rings is 2. The van der Waals surface area contributed by atoms with Crippen molar-refractivity contribution < 1.29 is 0 Å². The van der Waals surface area contributed by atoms with Gasteiger partial charge >= 0.3 is 0 Å². The molecule has 1 heterocycles. The quantitative estimate of drug-likeness (QED) is 0.742. The van der Waals surface area contributed by atoms with Gasteiger partial charge in [-0.3, -0.25) is 0 Å². The largest absolute Gasteiger partial charge is 0.300 e. The molecule has 1 fully saturated rings. The molecule has 1 nitrogen and oxygen atoms in total. The predicted molar refractivity (Wildman–Crippen MR) is 91.8 cm³/mol. The van der Waals surface area contributed by atoms with Crippen molar-refractivity contribution in [3.63, 3.8) is 0 Å². The second-order valence-corrected chi connectivity index (χ2v) is 6.42. The molecule has 1 unspecified atom stereocenters. The Balaban J connectivity index is 1.76. The highest BCUT2D eigenvalue weighted by atomic mass is 15.2. The van der Waals surface area contributed by atoms with Gasteiger partial charge in [-0.1, -0.05) is 62.2 Å². The molecule has 2 aromatic rings. The lowest BCUT2D eigenvalue weighted by atomic mass is 9.96. The van der Waals surface area contributed by atoms with E-state index in [9.17, 15) is 0 Å². The number of rotatable bonds is 5. The van der Waals surface area contributed by atoms with Crippen molar-refractivity contribution in [2.75, 3.05) is 13.1 Å². The summed E-state index contributed by atoms with van der Waals surface area (Å²) >= 11 is 0. The fourth-order valence-corrected chi connectivity index (χ4v) is 3.67. The van der Waals surface area contributed by atoms with E-state index in [0.29, 0.717) is 0 Å². The lowest BCUT2D eigenvalue weighted by Gasteiger charge is -2.34. The van der Waals surface area contributed by atoms with Gasteiger partial charge in [-0.25, -0.2) is 0 Å². The number of likely N-dealkylation sites (tertiary alicyclic amines) is 1. The van der Waals surface area contributed by atoms with Crippen LogP contribution in [0.5, 0.6) is 0 Å². The molecule has 1 saturated heterocycles. The van der Waals surface area contributed by atoms with E-state index in [1.54, 1.807) is 0 Å². The van der Waals surface area contributed by atoms with Gasteiger partial charge in [-0.05, 0) is 55.1 Å². The second kappa shape index (κ2) is 7.09. The van der Waals surface area contributed by atoms with Crippen LogP contribution in [0.3, 0.4) is 0 Å². The number of hydrogen-bond acceptors (Lipinski definition) is 1. The zero-order chi connectivity index (χ0) is 14.5. The number of piperidine rings is 1. The fraction of sp³-hybridized carbons (Fsp3) is 0.500. The molecule has 0 amide bonds. The molecule has 1 aliphatic rings. The van der Waals surface area contributed by atoms with Crippen LogP contribution in [0.25, 0.3) is 10.8 Å². The van der Waals surface area contributed by atoms with Crippen LogP contribution in [0.1, 0.15) is 44.6 Å². The van der Waals surface area contributed by atoms with Crippen LogP contribution >= 0.6 is 0 Å². The normalized spacial score (nSPS) is 18.0. The number of hydrogen-bond donors (Lipinski definition) is 0. The van der Waals surface area contributed by atoms with Crippen LogP contribution < -0.4 is 0 Å². The molecule has 0 spiro atoms. The van der Waals surface area contributed by atoms with Gasteiger partial charge in [-0.15, -0.1) is 0 Å². The van der Waals surface area contributed by atoms with Gasteiger partial charge in [0.2, 0.25) is 0 Å². The molecule has 1 aliphatic heterocycles. The first-order valence-electron chi connectivity index (χ1n) is 8.58. The zero-order valence-corrected chi connectivity index (χ0v) is 13.2. The summed E-state index contributed by atoms with van der Waals surface area (Å²) in [5, 5.41) is 2.73. The predicted octanol–water partition coefficient (Wildman–Crippen LogP) is 5.04. The van der Waals surface area contributed by atoms with E-state index in [4.69, 9.17) is 0 Å². The van der Waals surface area contributed by atoms with Crippen molar-refractivity contribution in [3.05, 3.63) is 48.0 Å². The van der Waals surface area contributed by atoms with E-state index in [0.717, 1.165) is 6.04 Å². The van der Waals surface area contributed by atoms with E-state index in [1.165, 1.54) is 68.0 Å². The molecule has 1 atom stereocenters. The standard InChI is InChI=1S/C20H27N/c1-2-8-20(21-13-6-3-7-14-21)16-17-11-12-18-9-4-5-10-19(18)15-17/h4-5,9-12,15,20H,2-3,6-8,13-14,16H2,1H3. The fourth-order valence-electron chi connectivity index (χ4n) is 3.67. The Morgan fingerprint density at radius 2 is 1.71 bits per heavy atom. The number of fused-ring (bicyclic) bond motifs is 1. The smallest absolute Gasteiger partial charge is 0.0136 e. The van der Waals surface area contributed by atoms with Crippen molar-refractivity contribution in [1.29, 1.82) is 0 Å². The van der Waals surface area contributed by atoms with Crippen LogP contribution in [-0.4, -0.2) is 24.0 Å². The highest BCUT2D eigenvalue weighted by Crippen LogP contribution is 2.22. The second-order valence-electron chi connectivity index (χ2n) is 6.42. The summed E-state index contributed by atoms with van der Waals surface area (Å²) in [5.74, 6) is 0. The maximum atomic E-state index is 2.74. The summed E-state index contributed by atoms with van der Waals surface area (Å²) in [7, 11) is 0. The van der Waals surface area contributed by atoms with Gasteiger partial charge in [0.1, 0.15) is 0 Å². The molecule has 0 saturated carbocycles. The first kappa shape index (κ1) is 14.6. The molecular formula is C20H27N. The van der Waals surface area contributed by atoms with Gasteiger partial charge < -0.3 is 4.90 Å². The van der Waals surface area contributed by atoms with Crippen LogP contribution in [-0.2, 0) is 6.42 Å². The topological polar surface area (TPSA) is 3.24 Å². The molecule has 0 aromatic heterocycles. The number of nitrogens with zero attached hydrogens (tertiary/aromatic N) is 1. The Bertz CT molecular complexity index is 569. The average Bonchev–Trinajstić information content (AvgIpc) is 2.55. The molecular weight excluding hydrogens is 254 g/mol. The van der Waals surface area contributed by atoms with Gasteiger partial charge in [0, 0.05) is 6.04 Å². The Hall–Kier alpha value is -1.34. The van der Waals surface area contributed by atoms with E-state index in [-0.39, 0.29) is 0 Å². The Labute approximate surface area is 129 Å². The lowest BCUT2D eigenvalue weighted by molar-refractivity contribution is 0.153. The van der Waals surface area contributed by atoms with E-state index >= 15 is 0 Å². The molecule has 1 heteroatoms. The summed E-state index contributed by atoms with van der Waals surface area (Å²) in [6.45, 7) is 4.92. The SMILES string of the molecule is CCCC(Cc1ccc2ccccc2c1)N1CCCCC1. The lowest BCUT2D eigenvalue weighted by Crippen LogP contribution is -2.40. The highest BCUT2D eigenvalue weighted by Gasteiger charge is 2.20. The Kier molecular flexibility index (Phi) is 4.92. The van der Waals surface area contributed by atoms with Gasteiger partial charge in [0.15, 0.2) is 0 Å². The summed E-state index contributed by atoms with van der Waals surface area (Å²) in [6.07, 6.45) is 8.02. The summed E-state index contributed by atoms with van der Waals surface area (Å²) in [5.41, 5.74) is 1.50. The van der Waals surface area contributed by atoms with Crippen molar-refractivity contribution in [1.82, 2.24) is 4.90 Å². The third-order valence-electron chi connectivity index (χ3n) is 4.81. The first-order valence-corrected chi connectivity index (χ1v) is 8.58. The summed E-state index contributed by atoms with van der Waals surface area (Å²) in [4.78, 5) is 2.74. The van der Waals surface area contributed by atoms with Crippen LogP contribution in [0.4, 0.5) is 0 Å². The Morgan fingerprint density at radius 3 is 2.48 bits per heavy atom. The van der Waals surface area contributed by atoms with Crippen molar-refractivity contribution in [2.45, 2.75) is 51.5 Å². The Morgan fingerprint density at radius 1 is 0.952 bits per heavy atom. The first-order chi connectivity index (χ1) is 10.4. The third-order valence-corrected chi connectivity index (χ3v) is 4.81. The van der Waals surface area contributed by atoms with Crippen molar-refractivity contribution in [2.24, 2.45) is 0 Å². The van der Waals surface area contributed by atoms with Crippen LogP contribution in [0.15, 0.2) is 42.5 Å². The molecule has 0 aliphatic carbocycles. The van der Waals surface area contributed by atoms with Crippen molar-refractivity contribution >= 4 is 10.8 Å². The summed E-state index contributed by atoms with van der Waals surface area (Å²) in [6, 6.07) is 16.4. The van der Waals surface area contributed by atoms with E-state index in [2.05, 4.69) is 54.3 Å². The van der Waals surface area contributed by atoms with E-state index < -0.39 is 0 Å². The molecule has 0 radical (unpaired) electrons. The van der Waals surface area contributed by atoms with Crippen LogP contribution in [0, 0.1) is 0 Å². The van der Waals surface area contributed by atoms with Gasteiger partial charge in [0.05, 0.1) is 0 Å². The van der Waals surface area contributed by atoms with Crippen LogP contribution in [0.2, 0.25) is 0 Å². The summed E-state index contributed by atoms with van der Waals surface area (Å²) < 4.78 is 0. The minimum Gasteiger partial charge on any atom is -0.300 e. The minimum atomic E-state index is 0.733. The average molecular weight is 281 g/mol.